The first-order valence-electron chi connectivity index (χ1n) is 7.50. The van der Waals surface area contributed by atoms with Crippen LogP contribution in [0.3, 0.4) is 0 Å². The minimum absolute atomic E-state index is 0.139. The van der Waals surface area contributed by atoms with Crippen LogP contribution in [-0.2, 0) is 17.8 Å². The van der Waals surface area contributed by atoms with Crippen molar-refractivity contribution >= 4 is 16.9 Å². The summed E-state index contributed by atoms with van der Waals surface area (Å²) in [7, 11) is 0. The Morgan fingerprint density at radius 2 is 2.24 bits per heavy atom. The standard InChI is InChI=1S/C17H23N3O/c1-4-13(3)12-20-15-9-7-6-8-14(15)19-16(20)10-11-18-17(21)5-2/h5-9,13H,2,4,10-12H2,1,3H3,(H,18,21). The van der Waals surface area contributed by atoms with Gasteiger partial charge < -0.3 is 9.88 Å². The van der Waals surface area contributed by atoms with Gasteiger partial charge in [0.2, 0.25) is 5.91 Å². The molecule has 1 aromatic heterocycles. The first-order chi connectivity index (χ1) is 10.2. The molecule has 21 heavy (non-hydrogen) atoms. The van der Waals surface area contributed by atoms with Gasteiger partial charge in [0.1, 0.15) is 5.82 Å². The number of rotatable bonds is 7. The molecule has 0 saturated heterocycles. The van der Waals surface area contributed by atoms with Crippen LogP contribution >= 0.6 is 0 Å². The van der Waals surface area contributed by atoms with Crippen molar-refractivity contribution in [3.05, 3.63) is 42.7 Å². The van der Waals surface area contributed by atoms with Crippen molar-refractivity contribution < 1.29 is 4.79 Å². The van der Waals surface area contributed by atoms with Crippen LogP contribution in [0.5, 0.6) is 0 Å². The van der Waals surface area contributed by atoms with Crippen molar-refractivity contribution in [3.63, 3.8) is 0 Å². The van der Waals surface area contributed by atoms with E-state index in [1.807, 2.05) is 18.2 Å². The number of hydrogen-bond acceptors (Lipinski definition) is 2. The van der Waals surface area contributed by atoms with Gasteiger partial charge in [-0.05, 0) is 24.1 Å². The molecule has 2 rings (SSSR count). The molecule has 2 aromatic rings. The molecule has 1 heterocycles. The quantitative estimate of drug-likeness (QED) is 0.795. The molecular formula is C17H23N3O. The maximum absolute atomic E-state index is 11.2. The van der Waals surface area contributed by atoms with Gasteiger partial charge in [0.15, 0.2) is 0 Å². The van der Waals surface area contributed by atoms with E-state index in [2.05, 4.69) is 36.4 Å². The fraction of sp³-hybridized carbons (Fsp3) is 0.412. The number of carbonyl (C=O) groups excluding carboxylic acids is 1. The highest BCUT2D eigenvalue weighted by atomic mass is 16.1. The van der Waals surface area contributed by atoms with E-state index >= 15 is 0 Å². The van der Waals surface area contributed by atoms with Crippen LogP contribution < -0.4 is 5.32 Å². The number of imidazole rings is 1. The number of hydrogen-bond donors (Lipinski definition) is 1. The maximum atomic E-state index is 11.2. The molecule has 1 atom stereocenters. The van der Waals surface area contributed by atoms with Gasteiger partial charge in [-0.25, -0.2) is 4.98 Å². The fourth-order valence-electron chi connectivity index (χ4n) is 2.33. The normalized spacial score (nSPS) is 12.3. The van der Waals surface area contributed by atoms with E-state index in [0.29, 0.717) is 12.5 Å². The van der Waals surface area contributed by atoms with Gasteiger partial charge in [0.25, 0.3) is 0 Å². The second kappa shape index (κ2) is 7.07. The van der Waals surface area contributed by atoms with Gasteiger partial charge in [-0.3, -0.25) is 4.79 Å². The van der Waals surface area contributed by atoms with Crippen molar-refractivity contribution in [2.45, 2.75) is 33.2 Å². The Morgan fingerprint density at radius 3 is 2.95 bits per heavy atom. The number of amides is 1. The Labute approximate surface area is 125 Å². The third-order valence-electron chi connectivity index (χ3n) is 3.76. The van der Waals surface area contributed by atoms with Crippen LogP contribution in [0.1, 0.15) is 26.1 Å². The van der Waals surface area contributed by atoms with E-state index < -0.39 is 0 Å². The van der Waals surface area contributed by atoms with Crippen molar-refractivity contribution in [2.75, 3.05) is 6.54 Å². The molecule has 0 bridgehead atoms. The molecule has 0 aliphatic carbocycles. The molecule has 1 amide bonds. The molecule has 0 spiro atoms. The number of nitrogens with one attached hydrogen (secondary N) is 1. The zero-order chi connectivity index (χ0) is 15.2. The first kappa shape index (κ1) is 15.3. The Kier molecular flexibility index (Phi) is 5.14. The average molecular weight is 285 g/mol. The number of benzene rings is 1. The van der Waals surface area contributed by atoms with Crippen LogP contribution in [-0.4, -0.2) is 22.0 Å². The SMILES string of the molecule is C=CC(=O)NCCc1nc2ccccc2n1CC(C)CC. The largest absolute Gasteiger partial charge is 0.352 e. The van der Waals surface area contributed by atoms with Crippen LogP contribution in [0, 0.1) is 5.92 Å². The number of fused-ring (bicyclic) bond motifs is 1. The molecule has 0 fully saturated rings. The van der Waals surface area contributed by atoms with Crippen LogP contribution in [0.4, 0.5) is 0 Å². The summed E-state index contributed by atoms with van der Waals surface area (Å²) in [6.07, 6.45) is 3.16. The van der Waals surface area contributed by atoms with Crippen LogP contribution in [0.15, 0.2) is 36.9 Å². The minimum Gasteiger partial charge on any atom is -0.352 e. The van der Waals surface area contributed by atoms with Gasteiger partial charge in [-0.2, -0.15) is 0 Å². The Morgan fingerprint density at radius 1 is 1.48 bits per heavy atom. The Bertz CT molecular complexity index is 630. The van der Waals surface area contributed by atoms with Gasteiger partial charge in [0, 0.05) is 19.5 Å². The monoisotopic (exact) mass is 285 g/mol. The summed E-state index contributed by atoms with van der Waals surface area (Å²) >= 11 is 0. The first-order valence-corrected chi connectivity index (χ1v) is 7.50. The van der Waals surface area contributed by atoms with E-state index in [1.165, 1.54) is 11.6 Å². The van der Waals surface area contributed by atoms with Gasteiger partial charge in [0.05, 0.1) is 11.0 Å². The van der Waals surface area contributed by atoms with Crippen molar-refractivity contribution in [2.24, 2.45) is 5.92 Å². The topological polar surface area (TPSA) is 46.9 Å². The van der Waals surface area contributed by atoms with Crippen molar-refractivity contribution in [1.29, 1.82) is 0 Å². The summed E-state index contributed by atoms with van der Waals surface area (Å²) in [6.45, 7) is 9.44. The second-order valence-electron chi connectivity index (χ2n) is 5.39. The van der Waals surface area contributed by atoms with E-state index in [4.69, 9.17) is 4.98 Å². The molecule has 1 N–H and O–H groups in total. The maximum Gasteiger partial charge on any atom is 0.243 e. The second-order valence-corrected chi connectivity index (χ2v) is 5.39. The molecule has 112 valence electrons. The molecule has 4 heteroatoms. The fourth-order valence-corrected chi connectivity index (χ4v) is 2.33. The zero-order valence-electron chi connectivity index (χ0n) is 12.8. The highest BCUT2D eigenvalue weighted by Crippen LogP contribution is 2.19. The van der Waals surface area contributed by atoms with E-state index in [0.717, 1.165) is 30.7 Å². The summed E-state index contributed by atoms with van der Waals surface area (Å²) in [5, 5.41) is 2.81. The molecule has 4 nitrogen and oxygen atoms in total. The van der Waals surface area contributed by atoms with E-state index in [-0.39, 0.29) is 5.91 Å². The van der Waals surface area contributed by atoms with Crippen LogP contribution in [0.25, 0.3) is 11.0 Å². The number of para-hydroxylation sites is 2. The van der Waals surface area contributed by atoms with Gasteiger partial charge in [-0.15, -0.1) is 0 Å². The summed E-state index contributed by atoms with van der Waals surface area (Å²) < 4.78 is 2.28. The lowest BCUT2D eigenvalue weighted by Gasteiger charge is -2.14. The molecule has 0 aliphatic rings. The average Bonchev–Trinajstić information content (AvgIpc) is 2.85. The number of aromatic nitrogens is 2. The molecule has 0 radical (unpaired) electrons. The number of nitrogens with zero attached hydrogens (tertiary/aromatic N) is 2. The van der Waals surface area contributed by atoms with E-state index in [9.17, 15) is 4.79 Å². The van der Waals surface area contributed by atoms with Gasteiger partial charge >= 0.3 is 0 Å². The third kappa shape index (κ3) is 3.72. The summed E-state index contributed by atoms with van der Waals surface area (Å²) in [5.41, 5.74) is 2.19. The highest BCUT2D eigenvalue weighted by molar-refractivity contribution is 5.86. The predicted molar refractivity (Wildman–Crippen MR) is 86.1 cm³/mol. The smallest absolute Gasteiger partial charge is 0.243 e. The molecular weight excluding hydrogens is 262 g/mol. The minimum atomic E-state index is -0.139. The number of carbonyl (C=O) groups is 1. The third-order valence-corrected chi connectivity index (χ3v) is 3.76. The Balaban J connectivity index is 2.22. The molecule has 0 aliphatic heterocycles. The Hall–Kier alpha value is -2.10. The van der Waals surface area contributed by atoms with Gasteiger partial charge in [-0.1, -0.05) is 39.0 Å². The lowest BCUT2D eigenvalue weighted by Crippen LogP contribution is -2.24. The van der Waals surface area contributed by atoms with E-state index in [1.54, 1.807) is 0 Å². The summed E-state index contributed by atoms with van der Waals surface area (Å²) in [5.74, 6) is 1.49. The molecule has 1 aromatic carbocycles. The molecule has 0 saturated carbocycles. The predicted octanol–water partition coefficient (Wildman–Crippen LogP) is 2.93. The van der Waals surface area contributed by atoms with Crippen molar-refractivity contribution in [3.8, 4) is 0 Å². The van der Waals surface area contributed by atoms with Crippen LogP contribution in [0.2, 0.25) is 0 Å². The summed E-state index contributed by atoms with van der Waals surface area (Å²) in [4.78, 5) is 15.9. The van der Waals surface area contributed by atoms with Crippen molar-refractivity contribution in [1.82, 2.24) is 14.9 Å². The molecule has 1 unspecified atom stereocenters. The highest BCUT2D eigenvalue weighted by Gasteiger charge is 2.12. The summed E-state index contributed by atoms with van der Waals surface area (Å²) in [6, 6.07) is 8.19. The lowest BCUT2D eigenvalue weighted by molar-refractivity contribution is -0.116. The zero-order valence-corrected chi connectivity index (χ0v) is 12.8. The lowest BCUT2D eigenvalue weighted by atomic mass is 10.1.